The summed E-state index contributed by atoms with van der Waals surface area (Å²) >= 11 is 0. The first-order chi connectivity index (χ1) is 8.63. The zero-order valence-corrected chi connectivity index (χ0v) is 12.5. The molecule has 2 bridgehead atoms. The van der Waals surface area contributed by atoms with Gasteiger partial charge in [-0.2, -0.15) is 0 Å². The van der Waals surface area contributed by atoms with Crippen LogP contribution in [-0.4, -0.2) is 12.1 Å². The van der Waals surface area contributed by atoms with Gasteiger partial charge in [0.1, 0.15) is 0 Å². The molecule has 0 aromatic heterocycles. The monoisotopic (exact) mass is 249 g/mol. The maximum absolute atomic E-state index is 4.02. The maximum Gasteiger partial charge on any atom is 0.00954 e. The van der Waals surface area contributed by atoms with Crippen LogP contribution in [0.5, 0.6) is 0 Å². The molecule has 1 heteroatoms. The Kier molecular flexibility index (Phi) is 3.71. The van der Waals surface area contributed by atoms with Gasteiger partial charge in [-0.1, -0.05) is 20.3 Å². The standard InChI is InChI=1S/C17H31N/c1-11-4-7-17(12(2)8-11)18-13(3)16-10-14-5-6-15(16)9-14/h11-18H,4-10H2,1-3H3. The quantitative estimate of drug-likeness (QED) is 0.789. The lowest BCUT2D eigenvalue weighted by Crippen LogP contribution is -2.47. The molecule has 0 amide bonds. The lowest BCUT2D eigenvalue weighted by molar-refractivity contribution is 0.178. The van der Waals surface area contributed by atoms with Crippen LogP contribution < -0.4 is 5.32 Å². The topological polar surface area (TPSA) is 12.0 Å². The minimum absolute atomic E-state index is 0.765. The lowest BCUT2D eigenvalue weighted by Gasteiger charge is -2.38. The fourth-order valence-electron chi connectivity index (χ4n) is 5.28. The van der Waals surface area contributed by atoms with Gasteiger partial charge in [0, 0.05) is 12.1 Å². The Morgan fingerprint density at radius 1 is 0.944 bits per heavy atom. The van der Waals surface area contributed by atoms with E-state index in [-0.39, 0.29) is 0 Å². The van der Waals surface area contributed by atoms with Crippen LogP contribution in [0.4, 0.5) is 0 Å². The van der Waals surface area contributed by atoms with Crippen LogP contribution in [0.25, 0.3) is 0 Å². The minimum Gasteiger partial charge on any atom is -0.311 e. The van der Waals surface area contributed by atoms with Crippen molar-refractivity contribution in [2.45, 2.75) is 77.8 Å². The number of fused-ring (bicyclic) bond motifs is 2. The SMILES string of the molecule is CC1CCC(NC(C)C2CC3CCC2C3)C(C)C1. The van der Waals surface area contributed by atoms with Gasteiger partial charge in [0.05, 0.1) is 0 Å². The average Bonchev–Trinajstić information content (AvgIpc) is 2.94. The fraction of sp³-hybridized carbons (Fsp3) is 1.00. The van der Waals surface area contributed by atoms with Gasteiger partial charge >= 0.3 is 0 Å². The van der Waals surface area contributed by atoms with E-state index in [4.69, 9.17) is 0 Å². The highest BCUT2D eigenvalue weighted by molar-refractivity contribution is 4.95. The molecule has 0 saturated heterocycles. The Hall–Kier alpha value is -0.0400. The molecule has 1 nitrogen and oxygen atoms in total. The van der Waals surface area contributed by atoms with Crippen LogP contribution in [0.3, 0.4) is 0 Å². The fourth-order valence-corrected chi connectivity index (χ4v) is 5.28. The van der Waals surface area contributed by atoms with Crippen molar-refractivity contribution in [1.29, 1.82) is 0 Å². The summed E-state index contributed by atoms with van der Waals surface area (Å²) < 4.78 is 0. The third kappa shape index (κ3) is 2.48. The Balaban J connectivity index is 1.53. The number of rotatable bonds is 3. The van der Waals surface area contributed by atoms with Crippen molar-refractivity contribution < 1.29 is 0 Å². The van der Waals surface area contributed by atoms with Crippen molar-refractivity contribution in [3.8, 4) is 0 Å². The largest absolute Gasteiger partial charge is 0.311 e. The molecule has 1 N–H and O–H groups in total. The Morgan fingerprint density at radius 3 is 2.39 bits per heavy atom. The molecule has 3 aliphatic carbocycles. The van der Waals surface area contributed by atoms with Crippen molar-refractivity contribution in [2.24, 2.45) is 29.6 Å². The van der Waals surface area contributed by atoms with Gasteiger partial charge in [-0.05, 0) is 75.0 Å². The maximum atomic E-state index is 4.02. The lowest BCUT2D eigenvalue weighted by atomic mass is 9.78. The number of hydrogen-bond acceptors (Lipinski definition) is 1. The summed E-state index contributed by atoms with van der Waals surface area (Å²) in [6, 6.07) is 1.57. The van der Waals surface area contributed by atoms with E-state index < -0.39 is 0 Å². The van der Waals surface area contributed by atoms with E-state index in [9.17, 15) is 0 Å². The Labute approximate surface area is 113 Å². The van der Waals surface area contributed by atoms with Gasteiger partial charge in [0.25, 0.3) is 0 Å². The molecule has 7 atom stereocenters. The first kappa shape index (κ1) is 13.0. The van der Waals surface area contributed by atoms with Crippen LogP contribution in [0.15, 0.2) is 0 Å². The third-order valence-electron chi connectivity index (χ3n) is 6.34. The predicted octanol–water partition coefficient (Wildman–Crippen LogP) is 4.23. The molecular weight excluding hydrogens is 218 g/mol. The van der Waals surface area contributed by atoms with Crippen molar-refractivity contribution in [1.82, 2.24) is 5.32 Å². The van der Waals surface area contributed by atoms with Crippen LogP contribution in [0, 0.1) is 29.6 Å². The van der Waals surface area contributed by atoms with Gasteiger partial charge in [-0.3, -0.25) is 0 Å². The summed E-state index contributed by atoms with van der Waals surface area (Å²) in [7, 11) is 0. The van der Waals surface area contributed by atoms with Crippen molar-refractivity contribution in [2.75, 3.05) is 0 Å². The zero-order chi connectivity index (χ0) is 12.7. The summed E-state index contributed by atoms with van der Waals surface area (Å²) in [6.45, 7) is 7.35. The van der Waals surface area contributed by atoms with Gasteiger partial charge < -0.3 is 5.32 Å². The summed E-state index contributed by atoms with van der Waals surface area (Å²) in [5.41, 5.74) is 0. The predicted molar refractivity (Wildman–Crippen MR) is 77.5 cm³/mol. The van der Waals surface area contributed by atoms with E-state index in [1.165, 1.54) is 38.5 Å². The molecule has 18 heavy (non-hydrogen) atoms. The average molecular weight is 249 g/mol. The highest BCUT2D eigenvalue weighted by Crippen LogP contribution is 2.49. The van der Waals surface area contributed by atoms with Crippen molar-refractivity contribution in [3.05, 3.63) is 0 Å². The van der Waals surface area contributed by atoms with E-state index in [0.717, 1.165) is 41.7 Å². The van der Waals surface area contributed by atoms with Crippen LogP contribution in [0.1, 0.15) is 65.7 Å². The Bertz CT molecular complexity index is 287. The molecule has 104 valence electrons. The molecule has 7 unspecified atom stereocenters. The van der Waals surface area contributed by atoms with Gasteiger partial charge in [-0.15, -0.1) is 0 Å². The summed E-state index contributed by atoms with van der Waals surface area (Å²) in [6.07, 6.45) is 10.4. The van der Waals surface area contributed by atoms with Crippen LogP contribution in [-0.2, 0) is 0 Å². The molecule has 3 aliphatic rings. The number of hydrogen-bond donors (Lipinski definition) is 1. The second-order valence-electron chi connectivity index (χ2n) is 7.80. The minimum atomic E-state index is 0.765. The molecule has 0 spiro atoms. The summed E-state index contributed by atoms with van der Waals surface area (Å²) in [5.74, 6) is 4.99. The van der Waals surface area contributed by atoms with Crippen molar-refractivity contribution >= 4 is 0 Å². The molecule has 3 rings (SSSR count). The highest BCUT2D eigenvalue weighted by atomic mass is 15.0. The highest BCUT2D eigenvalue weighted by Gasteiger charge is 2.42. The first-order valence-corrected chi connectivity index (χ1v) is 8.39. The number of nitrogens with one attached hydrogen (secondary N) is 1. The molecule has 0 radical (unpaired) electrons. The van der Waals surface area contributed by atoms with Gasteiger partial charge in [0.2, 0.25) is 0 Å². The molecule has 3 saturated carbocycles. The second-order valence-corrected chi connectivity index (χ2v) is 7.80. The first-order valence-electron chi connectivity index (χ1n) is 8.39. The molecule has 0 aliphatic heterocycles. The molecule has 0 aromatic carbocycles. The summed E-state index contributed by atoms with van der Waals surface area (Å²) in [4.78, 5) is 0. The smallest absolute Gasteiger partial charge is 0.00954 e. The van der Waals surface area contributed by atoms with Crippen LogP contribution in [0.2, 0.25) is 0 Å². The van der Waals surface area contributed by atoms with Crippen LogP contribution >= 0.6 is 0 Å². The molecule has 3 fully saturated rings. The van der Waals surface area contributed by atoms with Gasteiger partial charge in [-0.25, -0.2) is 0 Å². The van der Waals surface area contributed by atoms with E-state index in [0.29, 0.717) is 0 Å². The van der Waals surface area contributed by atoms with E-state index in [1.54, 1.807) is 6.42 Å². The molecule has 0 heterocycles. The third-order valence-corrected chi connectivity index (χ3v) is 6.34. The van der Waals surface area contributed by atoms with E-state index >= 15 is 0 Å². The van der Waals surface area contributed by atoms with E-state index in [2.05, 4.69) is 26.1 Å². The zero-order valence-electron chi connectivity index (χ0n) is 12.5. The van der Waals surface area contributed by atoms with E-state index in [1.807, 2.05) is 0 Å². The molecule has 0 aromatic rings. The van der Waals surface area contributed by atoms with Crippen molar-refractivity contribution in [3.63, 3.8) is 0 Å². The summed E-state index contributed by atoms with van der Waals surface area (Å²) in [5, 5.41) is 4.02. The Morgan fingerprint density at radius 2 is 1.78 bits per heavy atom. The second kappa shape index (κ2) is 5.15. The van der Waals surface area contributed by atoms with Gasteiger partial charge in [0.15, 0.2) is 0 Å². The normalized spacial score (nSPS) is 49.5. The molecular formula is C17H31N.